The molecular formula is C18H15F3N2O6. The van der Waals surface area contributed by atoms with Gasteiger partial charge in [0.1, 0.15) is 0 Å². The zero-order valence-electron chi connectivity index (χ0n) is 15.1. The molecule has 2 aromatic rings. The van der Waals surface area contributed by atoms with E-state index in [9.17, 15) is 32.9 Å². The molecule has 2 aromatic carbocycles. The van der Waals surface area contributed by atoms with Crippen LogP contribution in [0.4, 0.5) is 24.5 Å². The predicted molar refractivity (Wildman–Crippen MR) is 94.6 cm³/mol. The van der Waals surface area contributed by atoms with E-state index < -0.39 is 40.3 Å². The van der Waals surface area contributed by atoms with Crippen LogP contribution in [0, 0.1) is 10.1 Å². The topological polar surface area (TPSA) is 108 Å². The van der Waals surface area contributed by atoms with Crippen molar-refractivity contribution in [2.45, 2.75) is 19.2 Å². The lowest BCUT2D eigenvalue weighted by Crippen LogP contribution is -2.30. The minimum Gasteiger partial charge on any atom is -0.490 e. The number of esters is 1. The third kappa shape index (κ3) is 5.43. The first-order chi connectivity index (χ1) is 13.5. The SMILES string of the molecule is COc1ccc(C(=O)O[C@@H](C)C(=O)Nc2cccc(C(F)(F)F)c2)cc1[N+](=O)[O-]. The summed E-state index contributed by atoms with van der Waals surface area (Å²) in [7, 11) is 1.22. The van der Waals surface area contributed by atoms with E-state index >= 15 is 0 Å². The second-order valence-electron chi connectivity index (χ2n) is 5.76. The number of nitrogens with zero attached hydrogens (tertiary/aromatic N) is 1. The molecule has 0 heterocycles. The van der Waals surface area contributed by atoms with Crippen LogP contribution in [0.15, 0.2) is 42.5 Å². The number of hydrogen-bond acceptors (Lipinski definition) is 6. The quantitative estimate of drug-likeness (QED) is 0.439. The molecule has 0 saturated carbocycles. The molecule has 0 unspecified atom stereocenters. The Balaban J connectivity index is 2.09. The summed E-state index contributed by atoms with van der Waals surface area (Å²) >= 11 is 0. The first-order valence-electron chi connectivity index (χ1n) is 8.04. The highest BCUT2D eigenvalue weighted by atomic mass is 19.4. The lowest BCUT2D eigenvalue weighted by Gasteiger charge is -2.15. The number of amides is 1. The molecule has 0 spiro atoms. The lowest BCUT2D eigenvalue weighted by molar-refractivity contribution is -0.385. The van der Waals surface area contributed by atoms with Crippen LogP contribution < -0.4 is 10.1 Å². The molecule has 154 valence electrons. The Morgan fingerprint density at radius 1 is 1.17 bits per heavy atom. The zero-order chi connectivity index (χ0) is 21.8. The Kier molecular flexibility index (Phi) is 6.42. The van der Waals surface area contributed by atoms with Gasteiger partial charge in [0.15, 0.2) is 11.9 Å². The number of alkyl halides is 3. The van der Waals surface area contributed by atoms with Crippen LogP contribution >= 0.6 is 0 Å². The van der Waals surface area contributed by atoms with Crippen molar-refractivity contribution in [3.8, 4) is 5.75 Å². The van der Waals surface area contributed by atoms with Gasteiger partial charge in [-0.1, -0.05) is 6.07 Å². The minimum atomic E-state index is -4.58. The van der Waals surface area contributed by atoms with Gasteiger partial charge in [0, 0.05) is 11.8 Å². The van der Waals surface area contributed by atoms with Crippen LogP contribution in [0.1, 0.15) is 22.8 Å². The fourth-order valence-corrected chi connectivity index (χ4v) is 2.26. The number of nitrogens with one attached hydrogen (secondary N) is 1. The minimum absolute atomic E-state index is 0.0677. The normalized spacial score (nSPS) is 12.0. The summed E-state index contributed by atoms with van der Waals surface area (Å²) in [6.07, 6.45) is -5.96. The molecule has 0 fully saturated rings. The van der Waals surface area contributed by atoms with Crippen molar-refractivity contribution in [3.63, 3.8) is 0 Å². The Bertz CT molecular complexity index is 945. The van der Waals surface area contributed by atoms with Crippen LogP contribution in [-0.4, -0.2) is 30.0 Å². The zero-order valence-corrected chi connectivity index (χ0v) is 15.1. The van der Waals surface area contributed by atoms with Crippen LogP contribution in [-0.2, 0) is 15.7 Å². The number of nitro groups is 1. The van der Waals surface area contributed by atoms with Crippen molar-refractivity contribution in [2.24, 2.45) is 0 Å². The first kappa shape index (κ1) is 21.7. The highest BCUT2D eigenvalue weighted by Gasteiger charge is 2.30. The summed E-state index contributed by atoms with van der Waals surface area (Å²) in [6, 6.07) is 7.28. The maximum absolute atomic E-state index is 12.7. The molecule has 1 atom stereocenters. The fraction of sp³-hybridized carbons (Fsp3) is 0.222. The van der Waals surface area contributed by atoms with Gasteiger partial charge >= 0.3 is 17.8 Å². The molecule has 0 radical (unpaired) electrons. The van der Waals surface area contributed by atoms with Gasteiger partial charge in [-0.15, -0.1) is 0 Å². The third-order valence-corrected chi connectivity index (χ3v) is 3.72. The molecule has 1 amide bonds. The van der Waals surface area contributed by atoms with Gasteiger partial charge in [-0.25, -0.2) is 4.79 Å². The van der Waals surface area contributed by atoms with Crippen LogP contribution in [0.5, 0.6) is 5.75 Å². The summed E-state index contributed by atoms with van der Waals surface area (Å²) in [6.45, 7) is 1.21. The predicted octanol–water partition coefficient (Wildman–Crippen LogP) is 3.81. The molecule has 0 aliphatic carbocycles. The van der Waals surface area contributed by atoms with Crippen molar-refractivity contribution in [1.82, 2.24) is 0 Å². The average Bonchev–Trinajstić information content (AvgIpc) is 2.66. The second kappa shape index (κ2) is 8.59. The smallest absolute Gasteiger partial charge is 0.416 e. The van der Waals surface area contributed by atoms with Gasteiger partial charge in [-0.05, 0) is 37.3 Å². The number of anilines is 1. The summed E-state index contributed by atoms with van der Waals surface area (Å²) in [5.74, 6) is -1.97. The van der Waals surface area contributed by atoms with Gasteiger partial charge < -0.3 is 14.8 Å². The van der Waals surface area contributed by atoms with E-state index in [0.29, 0.717) is 0 Å². The van der Waals surface area contributed by atoms with Gasteiger partial charge in [-0.3, -0.25) is 14.9 Å². The number of methoxy groups -OCH3 is 1. The standard InChI is InChI=1S/C18H15F3N2O6/c1-10(16(24)22-13-5-3-4-12(9-13)18(19,20)21)29-17(25)11-6-7-15(28-2)14(8-11)23(26)27/h3-10H,1-2H3,(H,22,24)/t10-/m0/s1. The largest absolute Gasteiger partial charge is 0.490 e. The Labute approximate surface area is 162 Å². The Morgan fingerprint density at radius 3 is 2.45 bits per heavy atom. The number of carbonyl (C=O) groups is 2. The van der Waals surface area contributed by atoms with Crippen LogP contribution in [0.2, 0.25) is 0 Å². The lowest BCUT2D eigenvalue weighted by atomic mass is 10.2. The highest BCUT2D eigenvalue weighted by Crippen LogP contribution is 2.31. The van der Waals surface area contributed by atoms with Crippen LogP contribution in [0.25, 0.3) is 0 Å². The van der Waals surface area contributed by atoms with E-state index in [1.165, 1.54) is 32.2 Å². The number of carbonyl (C=O) groups excluding carboxylic acids is 2. The number of nitro benzene ring substituents is 1. The second-order valence-corrected chi connectivity index (χ2v) is 5.76. The molecule has 0 bridgehead atoms. The highest BCUT2D eigenvalue weighted by molar-refractivity contribution is 5.97. The van der Waals surface area contributed by atoms with Gasteiger partial charge in [-0.2, -0.15) is 13.2 Å². The van der Waals surface area contributed by atoms with E-state index in [1.54, 1.807) is 0 Å². The summed E-state index contributed by atoms with van der Waals surface area (Å²) in [5, 5.41) is 13.2. The average molecular weight is 412 g/mol. The fourth-order valence-electron chi connectivity index (χ4n) is 2.26. The molecule has 1 N–H and O–H groups in total. The number of ether oxygens (including phenoxy) is 2. The molecule has 2 rings (SSSR count). The van der Waals surface area contributed by atoms with E-state index in [2.05, 4.69) is 5.32 Å². The summed E-state index contributed by atoms with van der Waals surface area (Å²) in [4.78, 5) is 34.5. The van der Waals surface area contributed by atoms with Crippen molar-refractivity contribution in [2.75, 3.05) is 12.4 Å². The Morgan fingerprint density at radius 2 is 1.86 bits per heavy atom. The van der Waals surface area contributed by atoms with Crippen molar-refractivity contribution in [3.05, 3.63) is 63.7 Å². The van der Waals surface area contributed by atoms with Gasteiger partial charge in [0.2, 0.25) is 0 Å². The molecule has 0 aromatic heterocycles. The van der Waals surface area contributed by atoms with E-state index in [4.69, 9.17) is 9.47 Å². The van der Waals surface area contributed by atoms with E-state index in [0.717, 1.165) is 24.3 Å². The third-order valence-electron chi connectivity index (χ3n) is 3.72. The monoisotopic (exact) mass is 412 g/mol. The van der Waals surface area contributed by atoms with Gasteiger partial charge in [0.05, 0.1) is 23.2 Å². The number of benzene rings is 2. The molecule has 0 saturated heterocycles. The Hall–Kier alpha value is -3.63. The van der Waals surface area contributed by atoms with E-state index in [1.807, 2.05) is 0 Å². The molecule has 8 nitrogen and oxygen atoms in total. The molecule has 0 aliphatic heterocycles. The van der Waals surface area contributed by atoms with Crippen molar-refractivity contribution in [1.29, 1.82) is 0 Å². The number of halogens is 3. The first-order valence-corrected chi connectivity index (χ1v) is 8.04. The molecule has 29 heavy (non-hydrogen) atoms. The van der Waals surface area contributed by atoms with Crippen molar-refractivity contribution >= 4 is 23.3 Å². The van der Waals surface area contributed by atoms with Gasteiger partial charge in [0.25, 0.3) is 5.91 Å². The van der Waals surface area contributed by atoms with Crippen LogP contribution in [0.3, 0.4) is 0 Å². The van der Waals surface area contributed by atoms with Crippen molar-refractivity contribution < 1.29 is 37.2 Å². The number of hydrogen-bond donors (Lipinski definition) is 1. The summed E-state index contributed by atoms with van der Waals surface area (Å²) in [5.41, 5.74) is -1.75. The van der Waals surface area contributed by atoms with E-state index in [-0.39, 0.29) is 17.0 Å². The molecular weight excluding hydrogens is 397 g/mol. The maximum Gasteiger partial charge on any atom is 0.416 e. The maximum atomic E-state index is 12.7. The number of rotatable bonds is 6. The molecule has 0 aliphatic rings. The summed E-state index contributed by atoms with van der Waals surface area (Å²) < 4.78 is 47.9. The molecule has 11 heteroatoms.